The van der Waals surface area contributed by atoms with Crippen molar-refractivity contribution in [3.05, 3.63) is 67.6 Å². The van der Waals surface area contributed by atoms with E-state index in [-0.39, 0.29) is 5.78 Å². The Kier molecular flexibility index (Phi) is 13.9. The Labute approximate surface area is 196 Å². The molecule has 0 unspecified atom stereocenters. The van der Waals surface area contributed by atoms with Crippen LogP contribution >= 0.6 is 46.4 Å². The van der Waals surface area contributed by atoms with Crippen LogP contribution in [0.15, 0.2) is 36.4 Å². The molecule has 0 spiro atoms. The monoisotopic (exact) mass is 477 g/mol. The van der Waals surface area contributed by atoms with E-state index in [0.29, 0.717) is 37.7 Å². The zero-order chi connectivity index (χ0) is 22.7. The van der Waals surface area contributed by atoms with Gasteiger partial charge < -0.3 is 0 Å². The first-order chi connectivity index (χ1) is 13.4. The van der Waals surface area contributed by atoms with Gasteiger partial charge in [0, 0.05) is 37.7 Å². The lowest BCUT2D eigenvalue weighted by molar-refractivity contribution is 0.101. The number of aryl methyl sites for hydroxylation is 1. The Morgan fingerprint density at radius 1 is 0.793 bits per heavy atom. The maximum absolute atomic E-state index is 10.8. The van der Waals surface area contributed by atoms with Crippen LogP contribution < -0.4 is 0 Å². The minimum absolute atomic E-state index is 0.0330. The summed E-state index contributed by atoms with van der Waals surface area (Å²) in [6.07, 6.45) is 0. The van der Waals surface area contributed by atoms with E-state index >= 15 is 0 Å². The molecule has 0 atom stereocenters. The molecule has 0 saturated carbocycles. The van der Waals surface area contributed by atoms with Crippen LogP contribution in [0.3, 0.4) is 0 Å². The highest BCUT2D eigenvalue weighted by Gasteiger charge is 2.09. The summed E-state index contributed by atoms with van der Waals surface area (Å²) < 4.78 is 0. The molecular formula is C23H31Cl4NO. The molecule has 0 bridgehead atoms. The van der Waals surface area contributed by atoms with E-state index < -0.39 is 0 Å². The predicted molar refractivity (Wildman–Crippen MR) is 130 cm³/mol. The molecule has 0 saturated heterocycles. The Balaban J connectivity index is 0.000000409. The van der Waals surface area contributed by atoms with Gasteiger partial charge in [0.1, 0.15) is 0 Å². The van der Waals surface area contributed by atoms with Gasteiger partial charge in [0.25, 0.3) is 0 Å². The van der Waals surface area contributed by atoms with Crippen molar-refractivity contribution in [2.75, 3.05) is 6.54 Å². The highest BCUT2D eigenvalue weighted by molar-refractivity contribution is 6.35. The summed E-state index contributed by atoms with van der Waals surface area (Å²) in [5, 5.41) is 2.37. The second kappa shape index (κ2) is 14.3. The number of benzene rings is 2. The number of carbonyl (C=O) groups excluding carboxylic acids is 1. The van der Waals surface area contributed by atoms with Crippen LogP contribution in [-0.4, -0.2) is 29.3 Å². The Bertz CT molecular complexity index is 697. The van der Waals surface area contributed by atoms with Crippen molar-refractivity contribution in [1.29, 1.82) is 0 Å². The molecule has 2 aromatic rings. The molecule has 0 radical (unpaired) electrons. The van der Waals surface area contributed by atoms with E-state index in [4.69, 9.17) is 46.4 Å². The number of hydrogen-bond acceptors (Lipinski definition) is 2. The van der Waals surface area contributed by atoms with Crippen LogP contribution in [0.1, 0.15) is 57.5 Å². The number of Topliss-reactive ketones (excluding diaryl/α,β-unsaturated/α-hetero) is 1. The molecule has 162 valence electrons. The highest BCUT2D eigenvalue weighted by Crippen LogP contribution is 2.19. The largest absolute Gasteiger partial charge is 0.299 e. The number of ketones is 1. The fraction of sp³-hybridized carbons (Fsp3) is 0.435. The SMILES string of the molecule is CC(=O)c1cc(Cl)cc(Cl)c1.CCN(C(C)C)C(C)C.Cc1cc(Cl)cc(Cl)c1. The summed E-state index contributed by atoms with van der Waals surface area (Å²) in [6, 6.07) is 11.6. The lowest BCUT2D eigenvalue weighted by Gasteiger charge is -2.28. The highest BCUT2D eigenvalue weighted by atomic mass is 35.5. The third kappa shape index (κ3) is 12.5. The molecule has 6 heteroatoms. The minimum atomic E-state index is -0.0330. The summed E-state index contributed by atoms with van der Waals surface area (Å²) in [4.78, 5) is 13.3. The van der Waals surface area contributed by atoms with Gasteiger partial charge in [-0.3, -0.25) is 9.69 Å². The van der Waals surface area contributed by atoms with Crippen LogP contribution in [0, 0.1) is 6.92 Å². The van der Waals surface area contributed by atoms with Gasteiger partial charge >= 0.3 is 0 Å². The van der Waals surface area contributed by atoms with Gasteiger partial charge in [0.05, 0.1) is 0 Å². The summed E-state index contributed by atoms with van der Waals surface area (Å²) in [5.74, 6) is -0.0330. The predicted octanol–water partition coefficient (Wildman–Crippen LogP) is 8.62. The molecule has 0 fully saturated rings. The van der Waals surface area contributed by atoms with E-state index in [1.165, 1.54) is 6.92 Å². The number of hydrogen-bond donors (Lipinski definition) is 0. The van der Waals surface area contributed by atoms with E-state index in [1.54, 1.807) is 24.3 Å². The first kappa shape index (κ1) is 28.2. The summed E-state index contributed by atoms with van der Waals surface area (Å²) >= 11 is 22.6. The average Bonchev–Trinajstić information content (AvgIpc) is 2.53. The molecule has 2 aromatic carbocycles. The second-order valence-electron chi connectivity index (χ2n) is 7.18. The van der Waals surface area contributed by atoms with Crippen LogP contribution in [0.4, 0.5) is 0 Å². The van der Waals surface area contributed by atoms with E-state index in [2.05, 4.69) is 39.5 Å². The molecule has 29 heavy (non-hydrogen) atoms. The van der Waals surface area contributed by atoms with Crippen LogP contribution in [-0.2, 0) is 0 Å². The van der Waals surface area contributed by atoms with Gasteiger partial charge in [-0.1, -0.05) is 53.3 Å². The van der Waals surface area contributed by atoms with Crippen molar-refractivity contribution in [2.24, 2.45) is 0 Å². The molecule has 2 rings (SSSR count). The molecule has 2 nitrogen and oxygen atoms in total. The average molecular weight is 479 g/mol. The number of carbonyl (C=O) groups is 1. The topological polar surface area (TPSA) is 20.3 Å². The first-order valence-corrected chi connectivity index (χ1v) is 11.0. The van der Waals surface area contributed by atoms with Gasteiger partial charge in [0.2, 0.25) is 0 Å². The van der Waals surface area contributed by atoms with Crippen LogP contribution in [0.25, 0.3) is 0 Å². The Morgan fingerprint density at radius 2 is 1.14 bits per heavy atom. The molecule has 0 amide bonds. The standard InChI is InChI=1S/C8H6Cl2O.C8H19N.C7H6Cl2/c1-5(11)6-2-7(9)4-8(10)3-6;1-6-9(7(2)3)8(4)5;1-5-2-6(8)4-7(9)3-5/h2-4H,1H3;7-8H,6H2,1-5H3;2-4H,1H3. The zero-order valence-electron chi connectivity index (χ0n) is 18.2. The van der Waals surface area contributed by atoms with Crippen molar-refractivity contribution < 1.29 is 4.79 Å². The van der Waals surface area contributed by atoms with Crippen LogP contribution in [0.2, 0.25) is 20.1 Å². The maximum Gasteiger partial charge on any atom is 0.159 e. The van der Waals surface area contributed by atoms with E-state index in [9.17, 15) is 4.79 Å². The fourth-order valence-corrected chi connectivity index (χ4v) is 3.94. The quantitative estimate of drug-likeness (QED) is 0.409. The van der Waals surface area contributed by atoms with Crippen molar-refractivity contribution in [3.63, 3.8) is 0 Å². The molecule has 0 aliphatic rings. The molecule has 0 heterocycles. The number of rotatable bonds is 4. The molecule has 0 aliphatic carbocycles. The van der Waals surface area contributed by atoms with Gasteiger partial charge in [-0.05, 0) is 90.0 Å². The lowest BCUT2D eigenvalue weighted by atomic mass is 10.1. The normalized spacial score (nSPS) is 10.4. The summed E-state index contributed by atoms with van der Waals surface area (Å²) in [5.41, 5.74) is 1.63. The van der Waals surface area contributed by atoms with E-state index in [1.807, 2.05) is 19.1 Å². The first-order valence-electron chi connectivity index (χ1n) is 9.52. The van der Waals surface area contributed by atoms with Crippen molar-refractivity contribution in [3.8, 4) is 0 Å². The maximum atomic E-state index is 10.8. The van der Waals surface area contributed by atoms with Gasteiger partial charge in [0.15, 0.2) is 5.78 Å². The minimum Gasteiger partial charge on any atom is -0.299 e. The molecule has 0 aromatic heterocycles. The van der Waals surface area contributed by atoms with Crippen molar-refractivity contribution in [1.82, 2.24) is 4.90 Å². The number of halogens is 4. The molecule has 0 N–H and O–H groups in total. The van der Waals surface area contributed by atoms with E-state index in [0.717, 1.165) is 12.1 Å². The second-order valence-corrected chi connectivity index (χ2v) is 8.92. The smallest absolute Gasteiger partial charge is 0.159 e. The van der Waals surface area contributed by atoms with Crippen LogP contribution in [0.5, 0.6) is 0 Å². The van der Waals surface area contributed by atoms with Crippen molar-refractivity contribution >= 4 is 52.2 Å². The van der Waals surface area contributed by atoms with Crippen molar-refractivity contribution in [2.45, 2.75) is 60.5 Å². The van der Waals surface area contributed by atoms with Gasteiger partial charge in [-0.2, -0.15) is 0 Å². The number of nitrogens with zero attached hydrogens (tertiary/aromatic N) is 1. The summed E-state index contributed by atoms with van der Waals surface area (Å²) in [6.45, 7) is 15.8. The van der Waals surface area contributed by atoms with Gasteiger partial charge in [-0.15, -0.1) is 0 Å². The molecular weight excluding hydrogens is 448 g/mol. The Morgan fingerprint density at radius 3 is 1.34 bits per heavy atom. The molecule has 0 aliphatic heterocycles. The zero-order valence-corrected chi connectivity index (χ0v) is 21.2. The lowest BCUT2D eigenvalue weighted by Crippen LogP contribution is -2.36. The Hall–Kier alpha value is -0.770. The summed E-state index contributed by atoms with van der Waals surface area (Å²) in [7, 11) is 0. The van der Waals surface area contributed by atoms with Gasteiger partial charge in [-0.25, -0.2) is 0 Å². The fourth-order valence-electron chi connectivity index (χ4n) is 2.78. The third-order valence-corrected chi connectivity index (χ3v) is 4.84. The third-order valence-electron chi connectivity index (χ3n) is 3.97.